The number of benzene rings is 1. The van der Waals surface area contributed by atoms with E-state index < -0.39 is 0 Å². The van der Waals surface area contributed by atoms with Gasteiger partial charge in [-0.05, 0) is 18.1 Å². The fraction of sp³-hybridized carbons (Fsp3) is 0.333. The van der Waals surface area contributed by atoms with Gasteiger partial charge in [0.2, 0.25) is 0 Å². The number of hydrogen-bond donors (Lipinski definition) is 2. The number of pyridine rings is 1. The maximum Gasteiger partial charge on any atom is 0.252 e. The zero-order valence-electron chi connectivity index (χ0n) is 11.3. The number of hydrogen-bond acceptors (Lipinski definition) is 3. The molecule has 3 N–H and O–H groups in total. The predicted octanol–water partition coefficient (Wildman–Crippen LogP) is 1.95. The van der Waals surface area contributed by atoms with Gasteiger partial charge in [-0.25, -0.2) is 0 Å². The molecule has 1 aromatic heterocycles. The summed E-state index contributed by atoms with van der Waals surface area (Å²) in [5.41, 5.74) is 7.15. The van der Waals surface area contributed by atoms with Crippen LogP contribution in [0.3, 0.4) is 0 Å². The Labute approximate surface area is 113 Å². The zero-order valence-corrected chi connectivity index (χ0v) is 11.3. The van der Waals surface area contributed by atoms with Gasteiger partial charge in [-0.2, -0.15) is 0 Å². The smallest absolute Gasteiger partial charge is 0.252 e. The van der Waals surface area contributed by atoms with Crippen LogP contribution >= 0.6 is 0 Å². The van der Waals surface area contributed by atoms with Gasteiger partial charge < -0.3 is 11.1 Å². The average Bonchev–Trinajstić information content (AvgIpc) is 2.43. The van der Waals surface area contributed by atoms with Gasteiger partial charge in [0.1, 0.15) is 0 Å². The quantitative estimate of drug-likeness (QED) is 0.879. The Hall–Kier alpha value is -1.94. The van der Waals surface area contributed by atoms with Crippen molar-refractivity contribution in [3.8, 4) is 0 Å². The first-order valence-electron chi connectivity index (χ1n) is 6.48. The lowest BCUT2D eigenvalue weighted by Crippen LogP contribution is -2.43. The van der Waals surface area contributed by atoms with Gasteiger partial charge in [-0.15, -0.1) is 0 Å². The van der Waals surface area contributed by atoms with Crippen LogP contribution in [0.4, 0.5) is 0 Å². The highest BCUT2D eigenvalue weighted by atomic mass is 16.1. The Morgan fingerprint density at radius 3 is 2.74 bits per heavy atom. The lowest BCUT2D eigenvalue weighted by molar-refractivity contribution is 0.0929. The Bertz CT molecular complexity index is 575. The second kappa shape index (κ2) is 5.80. The molecule has 100 valence electrons. The van der Waals surface area contributed by atoms with Crippen molar-refractivity contribution in [3.05, 3.63) is 42.1 Å². The van der Waals surface area contributed by atoms with E-state index in [0.29, 0.717) is 18.0 Å². The van der Waals surface area contributed by atoms with Gasteiger partial charge in [0.15, 0.2) is 0 Å². The predicted molar refractivity (Wildman–Crippen MR) is 76.9 cm³/mol. The van der Waals surface area contributed by atoms with Crippen molar-refractivity contribution < 1.29 is 4.79 Å². The fourth-order valence-electron chi connectivity index (χ4n) is 2.04. The van der Waals surface area contributed by atoms with Crippen LogP contribution in [0.2, 0.25) is 0 Å². The number of rotatable bonds is 4. The van der Waals surface area contributed by atoms with Gasteiger partial charge in [0.25, 0.3) is 5.91 Å². The molecule has 1 amide bonds. The van der Waals surface area contributed by atoms with Crippen LogP contribution in [0.5, 0.6) is 0 Å². The molecule has 1 unspecified atom stereocenters. The molecule has 0 saturated heterocycles. The number of nitrogens with zero attached hydrogens (tertiary/aromatic N) is 1. The molecule has 0 bridgehead atoms. The standard InChI is InChI=1S/C15H19N3O/c1-10(2)14(9-16)18-15(19)12-7-8-17-13-6-4-3-5-11(12)13/h3-8,10,14H,9,16H2,1-2H3,(H,18,19). The van der Waals surface area contributed by atoms with Crippen molar-refractivity contribution in [2.24, 2.45) is 11.7 Å². The van der Waals surface area contributed by atoms with Crippen LogP contribution in [0.25, 0.3) is 10.9 Å². The third kappa shape index (κ3) is 2.90. The lowest BCUT2D eigenvalue weighted by Gasteiger charge is -2.20. The molecule has 0 saturated carbocycles. The highest BCUT2D eigenvalue weighted by molar-refractivity contribution is 6.06. The van der Waals surface area contributed by atoms with E-state index in [1.165, 1.54) is 0 Å². The van der Waals surface area contributed by atoms with Gasteiger partial charge in [-0.3, -0.25) is 9.78 Å². The number of carbonyl (C=O) groups is 1. The largest absolute Gasteiger partial charge is 0.348 e. The highest BCUT2D eigenvalue weighted by Crippen LogP contribution is 2.16. The Kier molecular flexibility index (Phi) is 4.12. The van der Waals surface area contributed by atoms with E-state index in [-0.39, 0.29) is 11.9 Å². The molecule has 1 heterocycles. The van der Waals surface area contributed by atoms with Gasteiger partial charge in [0, 0.05) is 24.2 Å². The summed E-state index contributed by atoms with van der Waals surface area (Å²) in [6.07, 6.45) is 1.66. The van der Waals surface area contributed by atoms with Crippen molar-refractivity contribution in [2.75, 3.05) is 6.54 Å². The molecule has 0 aliphatic carbocycles. The number of nitrogens with two attached hydrogens (primary N) is 1. The van der Waals surface area contributed by atoms with E-state index in [9.17, 15) is 4.79 Å². The third-order valence-corrected chi connectivity index (χ3v) is 3.27. The summed E-state index contributed by atoms with van der Waals surface area (Å²) in [5, 5.41) is 3.85. The maximum atomic E-state index is 12.3. The number of aromatic nitrogens is 1. The van der Waals surface area contributed by atoms with Crippen molar-refractivity contribution in [2.45, 2.75) is 19.9 Å². The van der Waals surface area contributed by atoms with Gasteiger partial charge in [0.05, 0.1) is 11.1 Å². The molecule has 4 nitrogen and oxygen atoms in total. The van der Waals surface area contributed by atoms with Crippen LogP contribution in [-0.4, -0.2) is 23.5 Å². The molecule has 4 heteroatoms. The summed E-state index contributed by atoms with van der Waals surface area (Å²) >= 11 is 0. The Balaban J connectivity index is 2.31. The van der Waals surface area contributed by atoms with E-state index in [0.717, 1.165) is 10.9 Å². The first-order chi connectivity index (χ1) is 9.13. The van der Waals surface area contributed by atoms with Crippen LogP contribution < -0.4 is 11.1 Å². The second-order valence-electron chi connectivity index (χ2n) is 4.94. The second-order valence-corrected chi connectivity index (χ2v) is 4.94. The SMILES string of the molecule is CC(C)C(CN)NC(=O)c1ccnc2ccccc12. The van der Waals surface area contributed by atoms with E-state index >= 15 is 0 Å². The zero-order chi connectivity index (χ0) is 13.8. The van der Waals surface area contributed by atoms with E-state index in [1.807, 2.05) is 38.1 Å². The number of fused-ring (bicyclic) bond motifs is 1. The molecule has 0 spiro atoms. The summed E-state index contributed by atoms with van der Waals surface area (Å²) in [7, 11) is 0. The molecule has 19 heavy (non-hydrogen) atoms. The molecule has 0 aliphatic heterocycles. The molecule has 0 fully saturated rings. The molecule has 1 atom stereocenters. The topological polar surface area (TPSA) is 68.0 Å². The van der Waals surface area contributed by atoms with Crippen molar-refractivity contribution in [1.29, 1.82) is 0 Å². The average molecular weight is 257 g/mol. The lowest BCUT2D eigenvalue weighted by atomic mass is 10.0. The summed E-state index contributed by atoms with van der Waals surface area (Å²) in [6.45, 7) is 4.53. The summed E-state index contributed by atoms with van der Waals surface area (Å²) in [4.78, 5) is 16.6. The molecule has 2 aromatic rings. The van der Waals surface area contributed by atoms with Gasteiger partial charge in [-0.1, -0.05) is 32.0 Å². The first-order valence-corrected chi connectivity index (χ1v) is 6.48. The fourth-order valence-corrected chi connectivity index (χ4v) is 2.04. The monoisotopic (exact) mass is 257 g/mol. The maximum absolute atomic E-state index is 12.3. The minimum atomic E-state index is -0.0947. The van der Waals surface area contributed by atoms with E-state index in [2.05, 4.69) is 10.3 Å². The summed E-state index contributed by atoms with van der Waals surface area (Å²) in [5.74, 6) is 0.213. The molecular weight excluding hydrogens is 238 g/mol. The Morgan fingerprint density at radius 1 is 1.32 bits per heavy atom. The van der Waals surface area contributed by atoms with Crippen LogP contribution in [0.15, 0.2) is 36.5 Å². The van der Waals surface area contributed by atoms with E-state index in [1.54, 1.807) is 12.3 Å². The van der Waals surface area contributed by atoms with Crippen LogP contribution in [0.1, 0.15) is 24.2 Å². The number of nitrogens with one attached hydrogen (secondary N) is 1. The molecule has 2 rings (SSSR count). The highest BCUT2D eigenvalue weighted by Gasteiger charge is 2.17. The van der Waals surface area contributed by atoms with Crippen molar-refractivity contribution >= 4 is 16.8 Å². The van der Waals surface area contributed by atoms with Crippen molar-refractivity contribution in [3.63, 3.8) is 0 Å². The number of para-hydroxylation sites is 1. The molecule has 1 aromatic carbocycles. The molecule has 0 aliphatic rings. The van der Waals surface area contributed by atoms with Crippen molar-refractivity contribution in [1.82, 2.24) is 10.3 Å². The first kappa shape index (κ1) is 13.5. The third-order valence-electron chi connectivity index (χ3n) is 3.27. The van der Waals surface area contributed by atoms with E-state index in [4.69, 9.17) is 5.73 Å². The van der Waals surface area contributed by atoms with Crippen LogP contribution in [0, 0.1) is 5.92 Å². The molecule has 0 radical (unpaired) electrons. The minimum absolute atomic E-state index is 0.0144. The number of amides is 1. The minimum Gasteiger partial charge on any atom is -0.348 e. The summed E-state index contributed by atoms with van der Waals surface area (Å²) < 4.78 is 0. The number of carbonyl (C=O) groups excluding carboxylic acids is 1. The van der Waals surface area contributed by atoms with Gasteiger partial charge >= 0.3 is 0 Å². The summed E-state index contributed by atoms with van der Waals surface area (Å²) in [6, 6.07) is 9.35. The normalized spacial score (nSPS) is 12.6. The Morgan fingerprint density at radius 2 is 2.05 bits per heavy atom. The molecular formula is C15H19N3O. The van der Waals surface area contributed by atoms with Crippen LogP contribution in [-0.2, 0) is 0 Å².